The van der Waals surface area contributed by atoms with E-state index in [1.165, 1.54) is 5.56 Å². The van der Waals surface area contributed by atoms with Crippen molar-refractivity contribution in [2.45, 2.75) is 6.54 Å². The van der Waals surface area contributed by atoms with Crippen molar-refractivity contribution in [1.82, 2.24) is 14.8 Å². The Labute approximate surface area is 135 Å². The Balaban J connectivity index is 1.55. The van der Waals surface area contributed by atoms with Crippen LogP contribution in [0.3, 0.4) is 0 Å². The normalized spacial score (nSPS) is 15.8. The quantitative estimate of drug-likeness (QED) is 0.874. The monoisotopic (exact) mass is 315 g/mol. The Kier molecular flexibility index (Phi) is 4.71. The molecule has 0 bridgehead atoms. The largest absolute Gasteiger partial charge is 0.336 e. The van der Waals surface area contributed by atoms with Gasteiger partial charge in [0, 0.05) is 55.7 Å². The highest BCUT2D eigenvalue weighted by molar-refractivity contribution is 6.30. The van der Waals surface area contributed by atoms with E-state index >= 15 is 0 Å². The molecule has 1 saturated heterocycles. The molecule has 1 aromatic heterocycles. The van der Waals surface area contributed by atoms with E-state index in [1.807, 2.05) is 23.1 Å². The number of halogens is 1. The fraction of sp³-hybridized carbons (Fsp3) is 0.294. The molecule has 0 aliphatic carbocycles. The number of aromatic nitrogens is 1. The standard InChI is InChI=1S/C17H18ClN3O/c18-16-3-1-2-14(12-16)13-20-8-10-21(11-9-20)17(22)15-4-6-19-7-5-15/h1-7,12H,8-11,13H2. The minimum absolute atomic E-state index is 0.0878. The molecule has 22 heavy (non-hydrogen) atoms. The average molecular weight is 316 g/mol. The first-order valence-corrected chi connectivity index (χ1v) is 7.76. The lowest BCUT2D eigenvalue weighted by Crippen LogP contribution is -2.48. The molecule has 1 aliphatic heterocycles. The van der Waals surface area contributed by atoms with E-state index in [4.69, 9.17) is 11.6 Å². The van der Waals surface area contributed by atoms with Crippen LogP contribution in [0.1, 0.15) is 15.9 Å². The molecule has 0 N–H and O–H groups in total. The van der Waals surface area contributed by atoms with Gasteiger partial charge < -0.3 is 4.90 Å². The first kappa shape index (κ1) is 15.0. The molecular weight excluding hydrogens is 298 g/mol. The summed E-state index contributed by atoms with van der Waals surface area (Å²) in [6.45, 7) is 4.13. The second kappa shape index (κ2) is 6.90. The maximum atomic E-state index is 12.4. The van der Waals surface area contributed by atoms with Gasteiger partial charge in [0.2, 0.25) is 0 Å². The number of amides is 1. The van der Waals surface area contributed by atoms with Crippen LogP contribution in [0.2, 0.25) is 5.02 Å². The zero-order chi connectivity index (χ0) is 15.4. The maximum absolute atomic E-state index is 12.4. The Morgan fingerprint density at radius 2 is 1.82 bits per heavy atom. The predicted octanol–water partition coefficient (Wildman–Crippen LogP) is 2.69. The number of nitrogens with zero attached hydrogens (tertiary/aromatic N) is 3. The third-order valence-corrected chi connectivity index (χ3v) is 4.12. The molecule has 0 unspecified atom stereocenters. The van der Waals surface area contributed by atoms with E-state index < -0.39 is 0 Å². The van der Waals surface area contributed by atoms with Gasteiger partial charge in [-0.1, -0.05) is 23.7 Å². The molecule has 0 radical (unpaired) electrons. The zero-order valence-corrected chi connectivity index (χ0v) is 13.0. The summed E-state index contributed by atoms with van der Waals surface area (Å²) < 4.78 is 0. The smallest absolute Gasteiger partial charge is 0.254 e. The van der Waals surface area contributed by atoms with E-state index in [0.717, 1.165) is 37.7 Å². The lowest BCUT2D eigenvalue weighted by atomic mass is 10.2. The minimum Gasteiger partial charge on any atom is -0.336 e. The van der Waals surface area contributed by atoms with Crippen LogP contribution < -0.4 is 0 Å². The van der Waals surface area contributed by atoms with Gasteiger partial charge in [0.05, 0.1) is 0 Å². The van der Waals surface area contributed by atoms with Crippen LogP contribution in [0.25, 0.3) is 0 Å². The van der Waals surface area contributed by atoms with Crippen molar-refractivity contribution in [3.63, 3.8) is 0 Å². The van der Waals surface area contributed by atoms with Crippen molar-refractivity contribution in [3.8, 4) is 0 Å². The first-order valence-electron chi connectivity index (χ1n) is 7.38. The Bertz CT molecular complexity index is 639. The number of piperazine rings is 1. The van der Waals surface area contributed by atoms with Gasteiger partial charge in [-0.2, -0.15) is 0 Å². The summed E-state index contributed by atoms with van der Waals surface area (Å²) in [5.41, 5.74) is 1.92. The molecule has 114 valence electrons. The molecule has 4 nitrogen and oxygen atoms in total. The van der Waals surface area contributed by atoms with Crippen LogP contribution in [0, 0.1) is 0 Å². The first-order chi connectivity index (χ1) is 10.7. The molecule has 1 aromatic carbocycles. The number of hydrogen-bond donors (Lipinski definition) is 0. The second-order valence-corrected chi connectivity index (χ2v) is 5.87. The van der Waals surface area contributed by atoms with E-state index in [9.17, 15) is 4.79 Å². The zero-order valence-electron chi connectivity index (χ0n) is 12.3. The van der Waals surface area contributed by atoms with Gasteiger partial charge in [-0.25, -0.2) is 0 Å². The molecule has 2 heterocycles. The van der Waals surface area contributed by atoms with Gasteiger partial charge in [0.15, 0.2) is 0 Å². The van der Waals surface area contributed by atoms with Crippen molar-refractivity contribution in [1.29, 1.82) is 0 Å². The second-order valence-electron chi connectivity index (χ2n) is 5.43. The Morgan fingerprint density at radius 3 is 2.50 bits per heavy atom. The summed E-state index contributed by atoms with van der Waals surface area (Å²) in [6.07, 6.45) is 3.31. The lowest BCUT2D eigenvalue weighted by Gasteiger charge is -2.34. The summed E-state index contributed by atoms with van der Waals surface area (Å²) in [5.74, 6) is 0.0878. The van der Waals surface area contributed by atoms with Crippen molar-refractivity contribution in [2.75, 3.05) is 26.2 Å². The van der Waals surface area contributed by atoms with Gasteiger partial charge in [-0.3, -0.25) is 14.7 Å². The fourth-order valence-corrected chi connectivity index (χ4v) is 2.89. The number of carbonyl (C=O) groups excluding carboxylic acids is 1. The molecule has 2 aromatic rings. The number of rotatable bonds is 3. The van der Waals surface area contributed by atoms with Crippen LogP contribution in [0.15, 0.2) is 48.8 Å². The third kappa shape index (κ3) is 3.64. The topological polar surface area (TPSA) is 36.4 Å². The lowest BCUT2D eigenvalue weighted by molar-refractivity contribution is 0.0628. The Hall–Kier alpha value is -1.91. The van der Waals surface area contributed by atoms with Gasteiger partial charge in [0.25, 0.3) is 5.91 Å². The van der Waals surface area contributed by atoms with E-state index in [-0.39, 0.29) is 5.91 Å². The van der Waals surface area contributed by atoms with Crippen LogP contribution in [0.5, 0.6) is 0 Å². The highest BCUT2D eigenvalue weighted by Crippen LogP contribution is 2.14. The van der Waals surface area contributed by atoms with Crippen LogP contribution in [-0.2, 0) is 6.54 Å². The van der Waals surface area contributed by atoms with E-state index in [1.54, 1.807) is 24.5 Å². The van der Waals surface area contributed by atoms with Crippen LogP contribution >= 0.6 is 11.6 Å². The molecule has 1 amide bonds. The number of hydrogen-bond acceptors (Lipinski definition) is 3. The SMILES string of the molecule is O=C(c1ccncc1)N1CCN(Cc2cccc(Cl)c2)CC1. The molecule has 0 saturated carbocycles. The van der Waals surface area contributed by atoms with Gasteiger partial charge in [-0.15, -0.1) is 0 Å². The Morgan fingerprint density at radius 1 is 1.09 bits per heavy atom. The molecule has 0 spiro atoms. The van der Waals surface area contributed by atoms with Crippen LogP contribution in [0.4, 0.5) is 0 Å². The van der Waals surface area contributed by atoms with Gasteiger partial charge >= 0.3 is 0 Å². The summed E-state index contributed by atoms with van der Waals surface area (Å²) in [5, 5.41) is 0.768. The average Bonchev–Trinajstić information content (AvgIpc) is 2.56. The predicted molar refractivity (Wildman–Crippen MR) is 86.9 cm³/mol. The van der Waals surface area contributed by atoms with E-state index in [0.29, 0.717) is 5.56 Å². The molecule has 3 rings (SSSR count). The van der Waals surface area contributed by atoms with E-state index in [2.05, 4.69) is 16.0 Å². The fourth-order valence-electron chi connectivity index (χ4n) is 2.68. The summed E-state index contributed by atoms with van der Waals surface area (Å²) in [7, 11) is 0. The molecular formula is C17H18ClN3O. The van der Waals surface area contributed by atoms with Crippen molar-refractivity contribution >= 4 is 17.5 Å². The van der Waals surface area contributed by atoms with Gasteiger partial charge in [0.1, 0.15) is 0 Å². The highest BCUT2D eigenvalue weighted by Gasteiger charge is 2.22. The van der Waals surface area contributed by atoms with Crippen LogP contribution in [-0.4, -0.2) is 46.9 Å². The summed E-state index contributed by atoms with van der Waals surface area (Å²) in [6, 6.07) is 11.5. The minimum atomic E-state index is 0.0878. The number of pyridine rings is 1. The number of carbonyl (C=O) groups is 1. The highest BCUT2D eigenvalue weighted by atomic mass is 35.5. The molecule has 0 atom stereocenters. The molecule has 1 fully saturated rings. The van der Waals surface area contributed by atoms with Crippen molar-refractivity contribution in [2.24, 2.45) is 0 Å². The summed E-state index contributed by atoms with van der Waals surface area (Å²) in [4.78, 5) is 20.6. The maximum Gasteiger partial charge on any atom is 0.254 e. The summed E-state index contributed by atoms with van der Waals surface area (Å²) >= 11 is 6.02. The van der Waals surface area contributed by atoms with Crippen molar-refractivity contribution < 1.29 is 4.79 Å². The molecule has 5 heteroatoms. The van der Waals surface area contributed by atoms with Crippen molar-refractivity contribution in [3.05, 3.63) is 64.9 Å². The van der Waals surface area contributed by atoms with Gasteiger partial charge in [-0.05, 0) is 29.8 Å². The number of benzene rings is 1. The third-order valence-electron chi connectivity index (χ3n) is 3.88. The molecule has 1 aliphatic rings.